The van der Waals surface area contributed by atoms with Gasteiger partial charge in [0.25, 0.3) is 0 Å². The van der Waals surface area contributed by atoms with Gasteiger partial charge in [0.1, 0.15) is 0 Å². The second-order valence-corrected chi connectivity index (χ2v) is 5.93. The molecule has 0 radical (unpaired) electrons. The summed E-state index contributed by atoms with van der Waals surface area (Å²) in [4.78, 5) is 17.1. The molecule has 1 aliphatic rings. The Bertz CT molecular complexity index is 461. The van der Waals surface area contributed by atoms with Gasteiger partial charge in [-0.3, -0.25) is 9.78 Å². The van der Waals surface area contributed by atoms with Gasteiger partial charge in [0.15, 0.2) is 0 Å². The van der Waals surface area contributed by atoms with Gasteiger partial charge in [-0.2, -0.15) is 0 Å². The topological polar surface area (TPSA) is 54.0 Å². The Morgan fingerprint density at radius 2 is 2.14 bits per heavy atom. The van der Waals surface area contributed by atoms with Gasteiger partial charge in [-0.05, 0) is 50.4 Å². The van der Waals surface area contributed by atoms with Crippen LogP contribution >= 0.6 is 0 Å². The minimum atomic E-state index is -0.179. The van der Waals surface area contributed by atoms with Crippen LogP contribution in [0, 0.1) is 5.41 Å². The minimum absolute atomic E-state index is 0.179. The van der Waals surface area contributed by atoms with Crippen molar-refractivity contribution in [2.45, 2.75) is 52.5 Å². The molecule has 0 spiro atoms. The molecule has 0 aromatic carbocycles. The molecule has 4 heteroatoms. The Kier molecular flexibility index (Phi) is 5.74. The number of nitrogens with one attached hydrogen (secondary N) is 2. The van der Waals surface area contributed by atoms with E-state index in [-0.39, 0.29) is 11.3 Å². The van der Waals surface area contributed by atoms with Crippen LogP contribution in [0.3, 0.4) is 0 Å². The number of rotatable bonds is 6. The van der Waals surface area contributed by atoms with Crippen molar-refractivity contribution in [2.24, 2.45) is 5.41 Å². The van der Waals surface area contributed by atoms with Crippen molar-refractivity contribution in [3.63, 3.8) is 0 Å². The number of amides is 1. The van der Waals surface area contributed by atoms with Gasteiger partial charge >= 0.3 is 0 Å². The standard InChI is InChI=1S/C17H27N3O/c1-3-7-17(8-11-18-12-9-17)16(21)20-13-15-14(4-2)6-5-10-19-15/h5-6,10,18H,3-4,7-9,11-13H2,1-2H3,(H,20,21). The number of carbonyl (C=O) groups is 1. The number of hydrogen-bond acceptors (Lipinski definition) is 3. The zero-order valence-corrected chi connectivity index (χ0v) is 13.2. The summed E-state index contributed by atoms with van der Waals surface area (Å²) in [6.45, 7) is 6.70. The summed E-state index contributed by atoms with van der Waals surface area (Å²) < 4.78 is 0. The minimum Gasteiger partial charge on any atom is -0.350 e. The van der Waals surface area contributed by atoms with E-state index >= 15 is 0 Å². The highest BCUT2D eigenvalue weighted by Crippen LogP contribution is 2.34. The number of aromatic nitrogens is 1. The summed E-state index contributed by atoms with van der Waals surface area (Å²) in [5.41, 5.74) is 2.03. The van der Waals surface area contributed by atoms with Crippen molar-refractivity contribution in [2.75, 3.05) is 13.1 Å². The largest absolute Gasteiger partial charge is 0.350 e. The van der Waals surface area contributed by atoms with Crippen LogP contribution < -0.4 is 10.6 Å². The van der Waals surface area contributed by atoms with Crippen LogP contribution in [0.5, 0.6) is 0 Å². The third-order valence-electron chi connectivity index (χ3n) is 4.55. The maximum absolute atomic E-state index is 12.7. The molecule has 0 bridgehead atoms. The Hall–Kier alpha value is -1.42. The third kappa shape index (κ3) is 3.82. The monoisotopic (exact) mass is 289 g/mol. The molecule has 1 aliphatic heterocycles. The van der Waals surface area contributed by atoms with Crippen molar-refractivity contribution in [3.05, 3.63) is 29.6 Å². The van der Waals surface area contributed by atoms with Crippen LogP contribution in [-0.4, -0.2) is 24.0 Å². The van der Waals surface area contributed by atoms with E-state index in [4.69, 9.17) is 0 Å². The Balaban J connectivity index is 2.02. The average Bonchev–Trinajstić information content (AvgIpc) is 2.54. The predicted molar refractivity (Wildman–Crippen MR) is 84.9 cm³/mol. The SMILES string of the molecule is CCCC1(C(=O)NCc2ncccc2CC)CCNCC1. The number of piperidine rings is 1. The molecular formula is C17H27N3O. The maximum atomic E-state index is 12.7. The van der Waals surface area contributed by atoms with Crippen LogP contribution in [0.4, 0.5) is 0 Å². The highest BCUT2D eigenvalue weighted by Gasteiger charge is 2.38. The fraction of sp³-hybridized carbons (Fsp3) is 0.647. The number of pyridine rings is 1. The van der Waals surface area contributed by atoms with Gasteiger partial charge in [-0.1, -0.05) is 26.3 Å². The summed E-state index contributed by atoms with van der Waals surface area (Å²) >= 11 is 0. The molecule has 1 saturated heterocycles. The molecule has 21 heavy (non-hydrogen) atoms. The third-order valence-corrected chi connectivity index (χ3v) is 4.55. The normalized spacial score (nSPS) is 17.4. The van der Waals surface area contributed by atoms with E-state index in [0.717, 1.165) is 50.9 Å². The van der Waals surface area contributed by atoms with Crippen molar-refractivity contribution < 1.29 is 4.79 Å². The summed E-state index contributed by atoms with van der Waals surface area (Å²) in [5.74, 6) is 0.207. The van der Waals surface area contributed by atoms with E-state index in [9.17, 15) is 4.79 Å². The van der Waals surface area contributed by atoms with E-state index in [2.05, 4.69) is 35.5 Å². The molecule has 2 rings (SSSR count). The first-order chi connectivity index (χ1) is 10.2. The summed E-state index contributed by atoms with van der Waals surface area (Å²) in [5, 5.41) is 6.49. The molecule has 2 heterocycles. The average molecular weight is 289 g/mol. The van der Waals surface area contributed by atoms with E-state index in [0.29, 0.717) is 6.54 Å². The maximum Gasteiger partial charge on any atom is 0.226 e. The van der Waals surface area contributed by atoms with Gasteiger partial charge in [0, 0.05) is 6.20 Å². The molecular weight excluding hydrogens is 262 g/mol. The smallest absolute Gasteiger partial charge is 0.226 e. The van der Waals surface area contributed by atoms with Gasteiger partial charge in [0.05, 0.1) is 17.7 Å². The Labute approximate surface area is 127 Å². The lowest BCUT2D eigenvalue weighted by molar-refractivity contribution is -0.133. The van der Waals surface area contributed by atoms with E-state index in [1.807, 2.05) is 6.07 Å². The van der Waals surface area contributed by atoms with Crippen molar-refractivity contribution in [1.29, 1.82) is 0 Å². The molecule has 1 amide bonds. The molecule has 0 saturated carbocycles. The number of carbonyl (C=O) groups excluding carboxylic acids is 1. The first-order valence-corrected chi connectivity index (χ1v) is 8.13. The number of hydrogen-bond donors (Lipinski definition) is 2. The van der Waals surface area contributed by atoms with Crippen LogP contribution in [0.25, 0.3) is 0 Å². The van der Waals surface area contributed by atoms with Gasteiger partial charge in [0.2, 0.25) is 5.91 Å². The van der Waals surface area contributed by atoms with Gasteiger partial charge in [-0.15, -0.1) is 0 Å². The van der Waals surface area contributed by atoms with E-state index in [1.165, 1.54) is 5.56 Å². The van der Waals surface area contributed by atoms with Gasteiger partial charge < -0.3 is 10.6 Å². The van der Waals surface area contributed by atoms with Crippen molar-refractivity contribution in [1.82, 2.24) is 15.6 Å². The summed E-state index contributed by atoms with van der Waals surface area (Å²) in [6.07, 6.45) is 6.65. The highest BCUT2D eigenvalue weighted by molar-refractivity contribution is 5.82. The number of aryl methyl sites for hydroxylation is 1. The van der Waals surface area contributed by atoms with Crippen LogP contribution in [0.2, 0.25) is 0 Å². The van der Waals surface area contributed by atoms with Crippen molar-refractivity contribution in [3.8, 4) is 0 Å². The van der Waals surface area contributed by atoms with Crippen molar-refractivity contribution >= 4 is 5.91 Å². The zero-order valence-electron chi connectivity index (χ0n) is 13.2. The molecule has 1 aromatic rings. The predicted octanol–water partition coefficient (Wildman–Crippen LogP) is 2.43. The summed E-state index contributed by atoms with van der Waals surface area (Å²) in [6, 6.07) is 4.04. The van der Waals surface area contributed by atoms with E-state index in [1.54, 1.807) is 6.20 Å². The quantitative estimate of drug-likeness (QED) is 0.845. The molecule has 0 atom stereocenters. The first kappa shape index (κ1) is 16.0. The molecule has 2 N–H and O–H groups in total. The van der Waals surface area contributed by atoms with E-state index < -0.39 is 0 Å². The summed E-state index contributed by atoms with van der Waals surface area (Å²) in [7, 11) is 0. The lowest BCUT2D eigenvalue weighted by Gasteiger charge is -2.36. The molecule has 0 unspecified atom stereocenters. The second kappa shape index (κ2) is 7.55. The lowest BCUT2D eigenvalue weighted by Crippen LogP contribution is -2.47. The number of nitrogens with zero attached hydrogens (tertiary/aromatic N) is 1. The molecule has 1 aromatic heterocycles. The molecule has 116 valence electrons. The fourth-order valence-corrected chi connectivity index (χ4v) is 3.28. The van der Waals surface area contributed by atoms with Gasteiger partial charge in [-0.25, -0.2) is 0 Å². The Morgan fingerprint density at radius 1 is 1.38 bits per heavy atom. The first-order valence-electron chi connectivity index (χ1n) is 8.13. The van der Waals surface area contributed by atoms with Crippen LogP contribution in [0.15, 0.2) is 18.3 Å². The Morgan fingerprint density at radius 3 is 2.81 bits per heavy atom. The highest BCUT2D eigenvalue weighted by atomic mass is 16.2. The lowest BCUT2D eigenvalue weighted by atomic mass is 9.74. The second-order valence-electron chi connectivity index (χ2n) is 5.93. The zero-order chi connectivity index (χ0) is 15.1. The molecule has 0 aliphatic carbocycles. The fourth-order valence-electron chi connectivity index (χ4n) is 3.28. The van der Waals surface area contributed by atoms with Crippen LogP contribution in [0.1, 0.15) is 50.8 Å². The molecule has 4 nitrogen and oxygen atoms in total. The van der Waals surface area contributed by atoms with Crippen LogP contribution in [-0.2, 0) is 17.8 Å². The molecule has 1 fully saturated rings.